The molecule has 76 valence electrons. The van der Waals surface area contributed by atoms with E-state index in [0.29, 0.717) is 6.54 Å². The number of nitrogens with zero attached hydrogens (tertiary/aromatic N) is 2. The molecule has 1 fully saturated rings. The fraction of sp³-hybridized carbons (Fsp3) is 0.500. The molecule has 4 heteroatoms. The lowest BCUT2D eigenvalue weighted by atomic mass is 10.3. The highest BCUT2D eigenvalue weighted by molar-refractivity contribution is 7.99. The van der Waals surface area contributed by atoms with Gasteiger partial charge in [0, 0.05) is 43.0 Å². The largest absolute Gasteiger partial charge is 0.370 e. The highest BCUT2D eigenvalue weighted by Crippen LogP contribution is 2.19. The summed E-state index contributed by atoms with van der Waals surface area (Å²) in [6, 6.07) is 4.16. The van der Waals surface area contributed by atoms with Crippen molar-refractivity contribution in [2.24, 2.45) is 5.73 Å². The maximum absolute atomic E-state index is 5.56. The zero-order chi connectivity index (χ0) is 9.80. The SMILES string of the molecule is NCc1cc(N2CCSCC2)ccn1. The summed E-state index contributed by atoms with van der Waals surface area (Å²) < 4.78 is 0. The van der Waals surface area contributed by atoms with E-state index >= 15 is 0 Å². The molecule has 1 aliphatic heterocycles. The molecule has 0 bridgehead atoms. The highest BCUT2D eigenvalue weighted by Gasteiger charge is 2.11. The average Bonchev–Trinajstić information content (AvgIpc) is 2.30. The number of anilines is 1. The van der Waals surface area contributed by atoms with E-state index in [1.807, 2.05) is 18.0 Å². The molecule has 14 heavy (non-hydrogen) atoms. The molecule has 0 saturated carbocycles. The first-order valence-electron chi connectivity index (χ1n) is 4.88. The summed E-state index contributed by atoms with van der Waals surface area (Å²) in [5.41, 5.74) is 7.80. The first-order valence-corrected chi connectivity index (χ1v) is 6.03. The molecule has 1 aliphatic rings. The van der Waals surface area contributed by atoms with E-state index in [2.05, 4.69) is 22.0 Å². The summed E-state index contributed by atoms with van der Waals surface area (Å²) in [6.45, 7) is 2.80. The van der Waals surface area contributed by atoms with E-state index in [1.165, 1.54) is 17.2 Å². The minimum absolute atomic E-state index is 0.524. The Kier molecular flexibility index (Phi) is 3.26. The highest BCUT2D eigenvalue weighted by atomic mass is 32.2. The summed E-state index contributed by atoms with van der Waals surface area (Å²) >= 11 is 2.02. The third-order valence-corrected chi connectivity index (χ3v) is 3.33. The van der Waals surface area contributed by atoms with Crippen LogP contribution in [0.25, 0.3) is 0 Å². The zero-order valence-corrected chi connectivity index (χ0v) is 8.96. The zero-order valence-electron chi connectivity index (χ0n) is 8.15. The van der Waals surface area contributed by atoms with Crippen molar-refractivity contribution in [3.05, 3.63) is 24.0 Å². The molecule has 0 atom stereocenters. The molecule has 0 spiro atoms. The lowest BCUT2D eigenvalue weighted by molar-refractivity contribution is 0.852. The molecular weight excluding hydrogens is 194 g/mol. The number of pyridine rings is 1. The normalized spacial score (nSPS) is 17.1. The second-order valence-corrected chi connectivity index (χ2v) is 4.53. The first kappa shape index (κ1) is 9.80. The van der Waals surface area contributed by atoms with Crippen molar-refractivity contribution in [1.82, 2.24) is 4.98 Å². The van der Waals surface area contributed by atoms with Crippen LogP contribution in [0.1, 0.15) is 5.69 Å². The maximum atomic E-state index is 5.56. The molecule has 1 aromatic heterocycles. The third kappa shape index (κ3) is 2.19. The van der Waals surface area contributed by atoms with Gasteiger partial charge in [0.25, 0.3) is 0 Å². The Morgan fingerprint density at radius 2 is 2.21 bits per heavy atom. The van der Waals surface area contributed by atoms with Crippen LogP contribution in [0.3, 0.4) is 0 Å². The van der Waals surface area contributed by atoms with E-state index in [1.54, 1.807) is 0 Å². The van der Waals surface area contributed by atoms with Gasteiger partial charge in [-0.05, 0) is 12.1 Å². The van der Waals surface area contributed by atoms with Gasteiger partial charge in [0.1, 0.15) is 0 Å². The van der Waals surface area contributed by atoms with E-state index < -0.39 is 0 Å². The van der Waals surface area contributed by atoms with Gasteiger partial charge >= 0.3 is 0 Å². The van der Waals surface area contributed by atoms with Gasteiger partial charge in [0.15, 0.2) is 0 Å². The van der Waals surface area contributed by atoms with Crippen LogP contribution < -0.4 is 10.6 Å². The summed E-state index contributed by atoms with van der Waals surface area (Å²) in [4.78, 5) is 6.60. The van der Waals surface area contributed by atoms with E-state index in [-0.39, 0.29) is 0 Å². The third-order valence-electron chi connectivity index (χ3n) is 2.39. The Morgan fingerprint density at radius 1 is 1.43 bits per heavy atom. The van der Waals surface area contributed by atoms with E-state index in [9.17, 15) is 0 Å². The van der Waals surface area contributed by atoms with Crippen LogP contribution in [-0.4, -0.2) is 29.6 Å². The second kappa shape index (κ2) is 4.66. The van der Waals surface area contributed by atoms with Crippen molar-refractivity contribution in [2.45, 2.75) is 6.54 Å². The molecule has 2 rings (SSSR count). The topological polar surface area (TPSA) is 42.1 Å². The van der Waals surface area contributed by atoms with Crippen LogP contribution in [0.4, 0.5) is 5.69 Å². The molecule has 1 saturated heterocycles. The molecular formula is C10H15N3S. The Hall–Kier alpha value is -0.740. The minimum atomic E-state index is 0.524. The molecule has 0 aliphatic carbocycles. The lowest BCUT2D eigenvalue weighted by Crippen LogP contribution is -2.32. The Morgan fingerprint density at radius 3 is 2.93 bits per heavy atom. The van der Waals surface area contributed by atoms with Gasteiger partial charge < -0.3 is 10.6 Å². The van der Waals surface area contributed by atoms with Crippen molar-refractivity contribution in [3.8, 4) is 0 Å². The predicted molar refractivity (Wildman–Crippen MR) is 61.7 cm³/mol. The molecule has 0 radical (unpaired) electrons. The summed E-state index contributed by atoms with van der Waals surface area (Å²) in [7, 11) is 0. The Labute approximate surface area is 88.7 Å². The standard InChI is InChI=1S/C10H15N3S/c11-8-9-7-10(1-2-12-9)13-3-5-14-6-4-13/h1-2,7H,3-6,8,11H2. The number of thioether (sulfide) groups is 1. The Bertz CT molecular complexity index is 297. The van der Waals surface area contributed by atoms with Crippen LogP contribution in [-0.2, 0) is 6.54 Å². The van der Waals surface area contributed by atoms with Crippen molar-refractivity contribution in [2.75, 3.05) is 29.5 Å². The van der Waals surface area contributed by atoms with E-state index in [4.69, 9.17) is 5.73 Å². The summed E-state index contributed by atoms with van der Waals surface area (Å²) in [5, 5.41) is 0. The van der Waals surface area contributed by atoms with Crippen LogP contribution in [0, 0.1) is 0 Å². The van der Waals surface area contributed by atoms with Crippen LogP contribution >= 0.6 is 11.8 Å². The number of hydrogen-bond acceptors (Lipinski definition) is 4. The predicted octanol–water partition coefficient (Wildman–Crippen LogP) is 1.09. The van der Waals surface area contributed by atoms with Gasteiger partial charge in [-0.25, -0.2) is 0 Å². The molecule has 0 unspecified atom stereocenters. The van der Waals surface area contributed by atoms with Gasteiger partial charge in [0.2, 0.25) is 0 Å². The maximum Gasteiger partial charge on any atom is 0.0560 e. The van der Waals surface area contributed by atoms with Crippen molar-refractivity contribution >= 4 is 17.4 Å². The van der Waals surface area contributed by atoms with Crippen molar-refractivity contribution in [3.63, 3.8) is 0 Å². The smallest absolute Gasteiger partial charge is 0.0560 e. The number of nitrogens with two attached hydrogens (primary N) is 1. The van der Waals surface area contributed by atoms with Crippen LogP contribution in [0.2, 0.25) is 0 Å². The quantitative estimate of drug-likeness (QED) is 0.792. The van der Waals surface area contributed by atoms with Crippen molar-refractivity contribution < 1.29 is 0 Å². The lowest BCUT2D eigenvalue weighted by Gasteiger charge is -2.28. The average molecular weight is 209 g/mol. The fourth-order valence-corrected chi connectivity index (χ4v) is 2.50. The number of rotatable bonds is 2. The summed E-state index contributed by atoms with van der Waals surface area (Å²) in [6.07, 6.45) is 1.85. The Balaban J connectivity index is 2.13. The van der Waals surface area contributed by atoms with Gasteiger partial charge in [0.05, 0.1) is 5.69 Å². The van der Waals surface area contributed by atoms with Gasteiger partial charge in [-0.3, -0.25) is 4.98 Å². The van der Waals surface area contributed by atoms with Crippen molar-refractivity contribution in [1.29, 1.82) is 0 Å². The monoisotopic (exact) mass is 209 g/mol. The summed E-state index contributed by atoms with van der Waals surface area (Å²) in [5.74, 6) is 2.45. The van der Waals surface area contributed by atoms with Crippen LogP contribution in [0.15, 0.2) is 18.3 Å². The fourth-order valence-electron chi connectivity index (χ4n) is 1.60. The molecule has 0 aromatic carbocycles. The molecule has 3 nitrogen and oxygen atoms in total. The molecule has 2 heterocycles. The number of hydrogen-bond donors (Lipinski definition) is 1. The van der Waals surface area contributed by atoms with Gasteiger partial charge in [-0.15, -0.1) is 0 Å². The molecule has 1 aromatic rings. The minimum Gasteiger partial charge on any atom is -0.370 e. The van der Waals surface area contributed by atoms with Crippen LogP contribution in [0.5, 0.6) is 0 Å². The van der Waals surface area contributed by atoms with E-state index in [0.717, 1.165) is 18.8 Å². The van der Waals surface area contributed by atoms with Gasteiger partial charge in [-0.2, -0.15) is 11.8 Å². The van der Waals surface area contributed by atoms with Gasteiger partial charge in [-0.1, -0.05) is 0 Å². The second-order valence-electron chi connectivity index (χ2n) is 3.31. The first-order chi connectivity index (χ1) is 6.90. The number of aromatic nitrogens is 1. The molecule has 0 amide bonds. The molecule has 2 N–H and O–H groups in total.